The number of amides is 3. The van der Waals surface area contributed by atoms with E-state index in [-0.39, 0.29) is 29.7 Å². The maximum Gasteiger partial charge on any atom is 0.253 e. The maximum absolute atomic E-state index is 11.8. The van der Waals surface area contributed by atoms with Crippen molar-refractivity contribution in [1.29, 1.82) is 0 Å². The van der Waals surface area contributed by atoms with E-state index >= 15 is 0 Å². The zero-order valence-corrected chi connectivity index (χ0v) is 9.81. The standard InChI is InChI=1S/C12H16N2O3/c1-2-13-12(17)8-4-3-5-9(8)14-10(15)6-7-11(14)16/h6-9H,2-5H2,1H3,(H,13,17)/t8-,9-/m0/s1. The molecule has 0 spiro atoms. The fourth-order valence-electron chi connectivity index (χ4n) is 2.60. The quantitative estimate of drug-likeness (QED) is 0.713. The van der Waals surface area contributed by atoms with Crippen LogP contribution >= 0.6 is 0 Å². The minimum atomic E-state index is -0.295. The normalized spacial score (nSPS) is 27.9. The topological polar surface area (TPSA) is 66.5 Å². The van der Waals surface area contributed by atoms with Gasteiger partial charge >= 0.3 is 0 Å². The Labute approximate surface area is 99.8 Å². The number of nitrogens with one attached hydrogen (secondary N) is 1. The summed E-state index contributed by atoms with van der Waals surface area (Å²) in [5.74, 6) is -0.891. The van der Waals surface area contributed by atoms with Gasteiger partial charge in [0.1, 0.15) is 0 Å². The lowest BCUT2D eigenvalue weighted by Gasteiger charge is -2.26. The first-order valence-corrected chi connectivity index (χ1v) is 5.98. The summed E-state index contributed by atoms with van der Waals surface area (Å²) in [7, 11) is 0. The third-order valence-corrected chi connectivity index (χ3v) is 3.34. The van der Waals surface area contributed by atoms with Crippen LogP contribution in [0.1, 0.15) is 26.2 Å². The first-order chi connectivity index (χ1) is 8.15. The Morgan fingerprint density at radius 1 is 1.35 bits per heavy atom. The molecule has 5 nitrogen and oxygen atoms in total. The van der Waals surface area contributed by atoms with E-state index in [1.165, 1.54) is 17.1 Å². The van der Waals surface area contributed by atoms with Gasteiger partial charge in [0.15, 0.2) is 0 Å². The molecule has 2 rings (SSSR count). The van der Waals surface area contributed by atoms with Crippen molar-refractivity contribution in [3.63, 3.8) is 0 Å². The summed E-state index contributed by atoms with van der Waals surface area (Å²) in [5.41, 5.74) is 0. The average Bonchev–Trinajstić information content (AvgIpc) is 2.86. The summed E-state index contributed by atoms with van der Waals surface area (Å²) in [6.07, 6.45) is 4.89. The summed E-state index contributed by atoms with van der Waals surface area (Å²) < 4.78 is 0. The largest absolute Gasteiger partial charge is 0.356 e. The van der Waals surface area contributed by atoms with Gasteiger partial charge in [0.05, 0.1) is 12.0 Å². The fourth-order valence-corrected chi connectivity index (χ4v) is 2.60. The molecule has 3 amide bonds. The lowest BCUT2D eigenvalue weighted by molar-refractivity contribution is -0.141. The lowest BCUT2D eigenvalue weighted by Crippen LogP contribution is -2.46. The van der Waals surface area contributed by atoms with Crippen LogP contribution in [0.3, 0.4) is 0 Å². The van der Waals surface area contributed by atoms with Gasteiger partial charge in [-0.25, -0.2) is 0 Å². The van der Waals surface area contributed by atoms with E-state index in [0.717, 1.165) is 19.3 Å². The molecule has 1 aliphatic carbocycles. The van der Waals surface area contributed by atoms with Crippen LogP contribution in [0.15, 0.2) is 12.2 Å². The summed E-state index contributed by atoms with van der Waals surface area (Å²) in [6, 6.07) is -0.267. The second kappa shape index (κ2) is 4.69. The molecule has 0 aromatic carbocycles. The average molecular weight is 236 g/mol. The highest BCUT2D eigenvalue weighted by Crippen LogP contribution is 2.31. The molecule has 1 saturated carbocycles. The number of nitrogens with zero attached hydrogens (tertiary/aromatic N) is 1. The second-order valence-electron chi connectivity index (χ2n) is 4.38. The molecular formula is C12H16N2O3. The van der Waals surface area contributed by atoms with Crippen molar-refractivity contribution < 1.29 is 14.4 Å². The predicted octanol–water partition coefficient (Wildman–Crippen LogP) is 0.216. The zero-order chi connectivity index (χ0) is 12.4. The highest BCUT2D eigenvalue weighted by molar-refractivity contribution is 6.13. The van der Waals surface area contributed by atoms with Crippen LogP contribution in [0, 0.1) is 5.92 Å². The smallest absolute Gasteiger partial charge is 0.253 e. The Morgan fingerprint density at radius 2 is 2.00 bits per heavy atom. The molecule has 0 bridgehead atoms. The van der Waals surface area contributed by atoms with E-state index in [4.69, 9.17) is 0 Å². The van der Waals surface area contributed by atoms with E-state index in [1.54, 1.807) is 0 Å². The minimum Gasteiger partial charge on any atom is -0.356 e. The highest BCUT2D eigenvalue weighted by Gasteiger charge is 2.41. The number of rotatable bonds is 3. The highest BCUT2D eigenvalue weighted by atomic mass is 16.2. The van der Waals surface area contributed by atoms with Crippen molar-refractivity contribution in [2.75, 3.05) is 6.54 Å². The van der Waals surface area contributed by atoms with Gasteiger partial charge in [-0.1, -0.05) is 6.42 Å². The molecule has 17 heavy (non-hydrogen) atoms. The molecule has 0 aromatic rings. The van der Waals surface area contributed by atoms with Crippen LogP contribution in [0.5, 0.6) is 0 Å². The fraction of sp³-hybridized carbons (Fsp3) is 0.583. The van der Waals surface area contributed by atoms with E-state index in [1.807, 2.05) is 6.92 Å². The first kappa shape index (κ1) is 11.8. The van der Waals surface area contributed by atoms with E-state index in [0.29, 0.717) is 6.54 Å². The van der Waals surface area contributed by atoms with E-state index in [9.17, 15) is 14.4 Å². The van der Waals surface area contributed by atoms with Crippen molar-refractivity contribution in [3.8, 4) is 0 Å². The monoisotopic (exact) mass is 236 g/mol. The summed E-state index contributed by atoms with van der Waals surface area (Å²) in [5, 5.41) is 2.76. The zero-order valence-electron chi connectivity index (χ0n) is 9.81. The molecule has 1 fully saturated rings. The van der Waals surface area contributed by atoms with Gasteiger partial charge in [-0.2, -0.15) is 0 Å². The van der Waals surface area contributed by atoms with Gasteiger partial charge in [-0.05, 0) is 19.8 Å². The SMILES string of the molecule is CCNC(=O)[C@H]1CCC[C@@H]1N1C(=O)C=CC1=O. The molecule has 5 heteroatoms. The predicted molar refractivity (Wildman–Crippen MR) is 60.8 cm³/mol. The molecule has 0 radical (unpaired) electrons. The van der Waals surface area contributed by atoms with Gasteiger partial charge in [-0.3, -0.25) is 19.3 Å². The number of carbonyl (C=O) groups is 3. The Morgan fingerprint density at radius 3 is 2.59 bits per heavy atom. The second-order valence-corrected chi connectivity index (χ2v) is 4.38. The Hall–Kier alpha value is -1.65. The maximum atomic E-state index is 11.8. The van der Waals surface area contributed by atoms with Gasteiger partial charge in [0.2, 0.25) is 5.91 Å². The lowest BCUT2D eigenvalue weighted by atomic mass is 10.0. The van der Waals surface area contributed by atoms with Crippen LogP contribution in [-0.2, 0) is 14.4 Å². The molecular weight excluding hydrogens is 220 g/mol. The van der Waals surface area contributed by atoms with Crippen molar-refractivity contribution in [1.82, 2.24) is 10.2 Å². The number of hydrogen-bond acceptors (Lipinski definition) is 3. The van der Waals surface area contributed by atoms with Crippen LogP contribution in [0.2, 0.25) is 0 Å². The van der Waals surface area contributed by atoms with Crippen LogP contribution in [0.25, 0.3) is 0 Å². The summed E-state index contributed by atoms with van der Waals surface area (Å²) in [6.45, 7) is 2.43. The molecule has 2 atom stereocenters. The Bertz CT molecular complexity index is 371. The van der Waals surface area contributed by atoms with Gasteiger partial charge in [0.25, 0.3) is 11.8 Å². The third kappa shape index (κ3) is 2.09. The van der Waals surface area contributed by atoms with Gasteiger partial charge in [-0.15, -0.1) is 0 Å². The number of carbonyl (C=O) groups excluding carboxylic acids is 3. The van der Waals surface area contributed by atoms with E-state index in [2.05, 4.69) is 5.32 Å². The summed E-state index contributed by atoms with van der Waals surface area (Å²) >= 11 is 0. The Balaban J connectivity index is 2.12. The first-order valence-electron chi connectivity index (χ1n) is 5.98. The number of imide groups is 1. The van der Waals surface area contributed by atoms with Gasteiger partial charge in [0, 0.05) is 18.7 Å². The Kier molecular flexibility index (Phi) is 3.26. The van der Waals surface area contributed by atoms with Crippen LogP contribution in [-0.4, -0.2) is 35.2 Å². The minimum absolute atomic E-state index is 0.0532. The molecule has 1 heterocycles. The van der Waals surface area contributed by atoms with Crippen LogP contribution in [0.4, 0.5) is 0 Å². The molecule has 0 saturated heterocycles. The molecule has 1 N–H and O–H groups in total. The molecule has 1 aliphatic heterocycles. The van der Waals surface area contributed by atoms with Crippen molar-refractivity contribution in [2.24, 2.45) is 5.92 Å². The van der Waals surface area contributed by atoms with E-state index < -0.39 is 0 Å². The molecule has 2 aliphatic rings. The summed E-state index contributed by atoms with van der Waals surface area (Å²) in [4.78, 5) is 36.2. The van der Waals surface area contributed by atoms with Crippen molar-refractivity contribution in [2.45, 2.75) is 32.2 Å². The molecule has 92 valence electrons. The van der Waals surface area contributed by atoms with Crippen molar-refractivity contribution >= 4 is 17.7 Å². The third-order valence-electron chi connectivity index (χ3n) is 3.34. The number of hydrogen-bond donors (Lipinski definition) is 1. The molecule has 0 aromatic heterocycles. The van der Waals surface area contributed by atoms with Crippen molar-refractivity contribution in [3.05, 3.63) is 12.2 Å². The van der Waals surface area contributed by atoms with Gasteiger partial charge < -0.3 is 5.32 Å². The van der Waals surface area contributed by atoms with Crippen LogP contribution < -0.4 is 5.32 Å². The molecule has 0 unspecified atom stereocenters.